The van der Waals surface area contributed by atoms with Gasteiger partial charge in [-0.2, -0.15) is 0 Å². The van der Waals surface area contributed by atoms with Gasteiger partial charge in [-0.1, -0.05) is 38.1 Å². The Morgan fingerprint density at radius 2 is 2.00 bits per heavy atom. The molecule has 1 aliphatic rings. The molecule has 2 atom stereocenters. The van der Waals surface area contributed by atoms with Gasteiger partial charge in [0.1, 0.15) is 0 Å². The van der Waals surface area contributed by atoms with Crippen molar-refractivity contribution in [2.75, 3.05) is 7.05 Å². The Balaban J connectivity index is 1.52. The van der Waals surface area contributed by atoms with Crippen LogP contribution < -0.4 is 10.6 Å². The van der Waals surface area contributed by atoms with Gasteiger partial charge in [0.05, 0.1) is 17.2 Å². The third kappa shape index (κ3) is 4.40. The van der Waals surface area contributed by atoms with Crippen molar-refractivity contribution in [2.24, 2.45) is 4.99 Å². The van der Waals surface area contributed by atoms with Gasteiger partial charge >= 0.3 is 0 Å². The van der Waals surface area contributed by atoms with E-state index >= 15 is 0 Å². The smallest absolute Gasteiger partial charge is 0.191 e. The Bertz CT molecular complexity index is 746. The predicted molar refractivity (Wildman–Crippen MR) is 107 cm³/mol. The fourth-order valence-corrected chi connectivity index (χ4v) is 4.00. The van der Waals surface area contributed by atoms with E-state index in [-0.39, 0.29) is 0 Å². The molecular weight excluding hydrogens is 328 g/mol. The lowest BCUT2D eigenvalue weighted by Crippen LogP contribution is -2.38. The van der Waals surface area contributed by atoms with E-state index in [1.807, 2.05) is 14.0 Å². The molecule has 2 aromatic rings. The SMILES string of the molecule is CN=C(NCc1sc(C)nc1C)NC1CC1c1ccc(C(C)C)cc1. The van der Waals surface area contributed by atoms with Crippen LogP contribution in [0.1, 0.15) is 58.8 Å². The lowest BCUT2D eigenvalue weighted by atomic mass is 10.0. The van der Waals surface area contributed by atoms with E-state index in [2.05, 4.69) is 65.6 Å². The van der Waals surface area contributed by atoms with Crippen molar-refractivity contribution in [3.63, 3.8) is 0 Å². The van der Waals surface area contributed by atoms with Crippen molar-refractivity contribution in [3.8, 4) is 0 Å². The first-order chi connectivity index (χ1) is 12.0. The summed E-state index contributed by atoms with van der Waals surface area (Å²) in [5, 5.41) is 8.08. The molecule has 0 bridgehead atoms. The topological polar surface area (TPSA) is 49.3 Å². The van der Waals surface area contributed by atoms with Gasteiger partial charge in [0.25, 0.3) is 0 Å². The van der Waals surface area contributed by atoms with Crippen LogP contribution in [0.3, 0.4) is 0 Å². The summed E-state index contributed by atoms with van der Waals surface area (Å²) in [6.07, 6.45) is 1.17. The van der Waals surface area contributed by atoms with E-state index in [0.717, 1.165) is 23.2 Å². The summed E-state index contributed by atoms with van der Waals surface area (Å²) in [6, 6.07) is 9.55. The minimum absolute atomic E-state index is 0.473. The molecule has 1 fully saturated rings. The zero-order chi connectivity index (χ0) is 18.0. The zero-order valence-corrected chi connectivity index (χ0v) is 16.6. The molecule has 4 nitrogen and oxygen atoms in total. The molecule has 2 unspecified atom stereocenters. The molecule has 0 saturated heterocycles. The molecular formula is C20H28N4S. The first-order valence-corrected chi connectivity index (χ1v) is 9.79. The summed E-state index contributed by atoms with van der Waals surface area (Å²) in [5.41, 5.74) is 3.94. The molecule has 134 valence electrons. The van der Waals surface area contributed by atoms with Crippen molar-refractivity contribution >= 4 is 17.3 Å². The highest BCUT2D eigenvalue weighted by molar-refractivity contribution is 7.11. The minimum atomic E-state index is 0.473. The summed E-state index contributed by atoms with van der Waals surface area (Å²) < 4.78 is 0. The summed E-state index contributed by atoms with van der Waals surface area (Å²) in [4.78, 5) is 10.1. The molecule has 3 rings (SSSR count). The molecule has 0 radical (unpaired) electrons. The lowest BCUT2D eigenvalue weighted by molar-refractivity contribution is 0.791. The largest absolute Gasteiger partial charge is 0.353 e. The third-order valence-corrected chi connectivity index (χ3v) is 5.86. The zero-order valence-electron chi connectivity index (χ0n) is 15.8. The van der Waals surface area contributed by atoms with Crippen molar-refractivity contribution in [1.82, 2.24) is 15.6 Å². The summed E-state index contributed by atoms with van der Waals surface area (Å²) in [5.74, 6) is 2.05. The first kappa shape index (κ1) is 17.9. The Kier molecular flexibility index (Phi) is 5.42. The average molecular weight is 357 g/mol. The van der Waals surface area contributed by atoms with E-state index in [9.17, 15) is 0 Å². The van der Waals surface area contributed by atoms with Crippen LogP contribution in [-0.2, 0) is 6.54 Å². The fourth-order valence-electron chi connectivity index (χ4n) is 3.12. The molecule has 1 saturated carbocycles. The predicted octanol–water partition coefficient (Wildman–Crippen LogP) is 4.10. The van der Waals surface area contributed by atoms with Crippen molar-refractivity contribution < 1.29 is 0 Å². The minimum Gasteiger partial charge on any atom is -0.353 e. The summed E-state index contributed by atoms with van der Waals surface area (Å²) >= 11 is 1.75. The number of guanidine groups is 1. The second-order valence-corrected chi connectivity index (χ2v) is 8.37. The van der Waals surface area contributed by atoms with Gasteiger partial charge in [0.15, 0.2) is 5.96 Å². The maximum atomic E-state index is 4.48. The van der Waals surface area contributed by atoms with E-state index < -0.39 is 0 Å². The number of nitrogens with zero attached hydrogens (tertiary/aromatic N) is 2. The highest BCUT2D eigenvalue weighted by Gasteiger charge is 2.38. The standard InChI is InChI=1S/C20H28N4S/c1-12(2)15-6-8-16(9-7-15)17-10-18(17)24-20(21-5)22-11-19-13(3)23-14(4)25-19/h6-9,12,17-18H,10-11H2,1-5H3,(H2,21,22,24). The highest BCUT2D eigenvalue weighted by atomic mass is 32.1. The number of nitrogens with one attached hydrogen (secondary N) is 2. The third-order valence-electron chi connectivity index (χ3n) is 4.78. The van der Waals surface area contributed by atoms with E-state index in [1.165, 1.54) is 22.4 Å². The van der Waals surface area contributed by atoms with Crippen LogP contribution in [0.4, 0.5) is 0 Å². The highest BCUT2D eigenvalue weighted by Crippen LogP contribution is 2.41. The van der Waals surface area contributed by atoms with Crippen molar-refractivity contribution in [2.45, 2.75) is 58.5 Å². The second-order valence-electron chi connectivity index (χ2n) is 7.08. The van der Waals surface area contributed by atoms with Gasteiger partial charge in [0.2, 0.25) is 0 Å². The van der Waals surface area contributed by atoms with Gasteiger partial charge in [-0.15, -0.1) is 11.3 Å². The summed E-state index contributed by atoms with van der Waals surface area (Å²) in [7, 11) is 1.83. The van der Waals surface area contributed by atoms with E-state index in [4.69, 9.17) is 0 Å². The Morgan fingerprint density at radius 3 is 2.56 bits per heavy atom. The number of thiazole rings is 1. The van der Waals surface area contributed by atoms with Crippen LogP contribution in [-0.4, -0.2) is 24.0 Å². The quantitative estimate of drug-likeness (QED) is 0.626. The van der Waals surface area contributed by atoms with Gasteiger partial charge < -0.3 is 10.6 Å². The van der Waals surface area contributed by atoms with Crippen molar-refractivity contribution in [1.29, 1.82) is 0 Å². The maximum Gasteiger partial charge on any atom is 0.191 e. The average Bonchev–Trinajstić information content (AvgIpc) is 3.28. The normalized spacial score (nSPS) is 20.0. The van der Waals surface area contributed by atoms with Crippen LogP contribution in [0.15, 0.2) is 29.3 Å². The summed E-state index contributed by atoms with van der Waals surface area (Å²) in [6.45, 7) is 9.36. The molecule has 0 spiro atoms. The van der Waals surface area contributed by atoms with Crippen LogP contribution in [0.25, 0.3) is 0 Å². The molecule has 1 heterocycles. The van der Waals surface area contributed by atoms with Gasteiger partial charge in [0, 0.05) is 23.9 Å². The molecule has 0 aliphatic heterocycles. The number of aliphatic imine (C=N–C) groups is 1. The van der Waals surface area contributed by atoms with Gasteiger partial charge in [-0.05, 0) is 37.3 Å². The number of aromatic nitrogens is 1. The number of hydrogen-bond donors (Lipinski definition) is 2. The number of aryl methyl sites for hydroxylation is 2. The Labute approximate surface area is 154 Å². The molecule has 1 aromatic heterocycles. The van der Waals surface area contributed by atoms with Crippen molar-refractivity contribution in [3.05, 3.63) is 51.0 Å². The fraction of sp³-hybridized carbons (Fsp3) is 0.500. The number of benzene rings is 1. The monoisotopic (exact) mass is 356 g/mol. The molecule has 1 aromatic carbocycles. The second kappa shape index (κ2) is 7.56. The first-order valence-electron chi connectivity index (χ1n) is 8.98. The van der Waals surface area contributed by atoms with Crippen LogP contribution >= 0.6 is 11.3 Å². The molecule has 5 heteroatoms. The molecule has 2 N–H and O–H groups in total. The van der Waals surface area contributed by atoms with Crippen LogP contribution in [0.2, 0.25) is 0 Å². The van der Waals surface area contributed by atoms with Gasteiger partial charge in [-0.3, -0.25) is 4.99 Å². The van der Waals surface area contributed by atoms with Crippen LogP contribution in [0, 0.1) is 13.8 Å². The lowest BCUT2D eigenvalue weighted by Gasteiger charge is -2.12. The van der Waals surface area contributed by atoms with E-state index in [1.54, 1.807) is 11.3 Å². The molecule has 1 aliphatic carbocycles. The Morgan fingerprint density at radius 1 is 1.28 bits per heavy atom. The van der Waals surface area contributed by atoms with E-state index in [0.29, 0.717) is 17.9 Å². The number of hydrogen-bond acceptors (Lipinski definition) is 3. The van der Waals surface area contributed by atoms with Crippen LogP contribution in [0.5, 0.6) is 0 Å². The maximum absolute atomic E-state index is 4.48. The Hall–Kier alpha value is -1.88. The van der Waals surface area contributed by atoms with Gasteiger partial charge in [-0.25, -0.2) is 4.98 Å². The molecule has 25 heavy (non-hydrogen) atoms. The number of rotatable bonds is 5. The molecule has 0 amide bonds.